The number of nitrogens with zero attached hydrogens (tertiary/aromatic N) is 3. The van der Waals surface area contributed by atoms with Crippen molar-refractivity contribution in [1.29, 1.82) is 0 Å². The molecule has 2 heterocycles. The van der Waals surface area contributed by atoms with E-state index in [4.69, 9.17) is 5.73 Å². The topological polar surface area (TPSA) is 115 Å². The van der Waals surface area contributed by atoms with E-state index >= 15 is 0 Å². The summed E-state index contributed by atoms with van der Waals surface area (Å²) in [6, 6.07) is 6.89. The largest absolute Gasteiger partial charge is 0.375 e. The van der Waals surface area contributed by atoms with Gasteiger partial charge in [-0.05, 0) is 11.6 Å². The fourth-order valence-electron chi connectivity index (χ4n) is 2.25. The quantitative estimate of drug-likeness (QED) is 0.720. The number of nitrogens with two attached hydrogens (primary N) is 1. The number of aromatic nitrogens is 4. The summed E-state index contributed by atoms with van der Waals surface area (Å²) >= 11 is 1.37. The SMILES string of the molecule is CS(=O)(=O)c1ccccc1Cc1nc(Cc2csc(N)n2)n[nH]1. The third kappa shape index (κ3) is 3.74. The van der Waals surface area contributed by atoms with Crippen LogP contribution in [0, 0.1) is 0 Å². The smallest absolute Gasteiger partial charge is 0.180 e. The van der Waals surface area contributed by atoms with Gasteiger partial charge in [-0.25, -0.2) is 18.4 Å². The Balaban J connectivity index is 1.80. The zero-order chi connectivity index (χ0) is 16.4. The molecule has 2 aromatic heterocycles. The highest BCUT2D eigenvalue weighted by Gasteiger charge is 2.14. The second-order valence-electron chi connectivity index (χ2n) is 5.11. The highest BCUT2D eigenvalue weighted by Crippen LogP contribution is 2.18. The van der Waals surface area contributed by atoms with E-state index in [1.54, 1.807) is 24.3 Å². The standard InChI is InChI=1S/C14H15N5O2S2/c1-23(20,21)11-5-3-2-4-9(11)6-12-17-13(19-18-12)7-10-8-22-14(15)16-10/h2-5,8H,6-7H2,1H3,(H2,15,16)(H,17,18,19). The van der Waals surface area contributed by atoms with Gasteiger partial charge in [0.2, 0.25) is 0 Å². The molecule has 1 aromatic carbocycles. The Morgan fingerprint density at radius 2 is 2.00 bits per heavy atom. The molecule has 0 spiro atoms. The normalized spacial score (nSPS) is 11.7. The Morgan fingerprint density at radius 3 is 2.70 bits per heavy atom. The van der Waals surface area contributed by atoms with Gasteiger partial charge < -0.3 is 5.73 Å². The van der Waals surface area contributed by atoms with Crippen molar-refractivity contribution in [3.8, 4) is 0 Å². The number of benzene rings is 1. The van der Waals surface area contributed by atoms with Crippen molar-refractivity contribution in [2.24, 2.45) is 0 Å². The molecule has 0 aliphatic rings. The van der Waals surface area contributed by atoms with Crippen LogP contribution in [0.15, 0.2) is 34.5 Å². The van der Waals surface area contributed by atoms with Crippen molar-refractivity contribution in [3.63, 3.8) is 0 Å². The number of aromatic amines is 1. The van der Waals surface area contributed by atoms with Gasteiger partial charge in [0.05, 0.1) is 17.0 Å². The molecular weight excluding hydrogens is 334 g/mol. The molecule has 3 aromatic rings. The first-order chi connectivity index (χ1) is 10.9. The van der Waals surface area contributed by atoms with Gasteiger partial charge >= 0.3 is 0 Å². The molecule has 0 amide bonds. The van der Waals surface area contributed by atoms with E-state index in [-0.39, 0.29) is 0 Å². The minimum Gasteiger partial charge on any atom is -0.375 e. The van der Waals surface area contributed by atoms with Crippen LogP contribution in [-0.2, 0) is 22.7 Å². The van der Waals surface area contributed by atoms with Crippen molar-refractivity contribution in [2.45, 2.75) is 17.7 Å². The van der Waals surface area contributed by atoms with E-state index in [1.807, 2.05) is 5.38 Å². The molecule has 3 rings (SSSR count). The zero-order valence-corrected chi connectivity index (χ0v) is 14.0. The number of hydrogen-bond donors (Lipinski definition) is 2. The average molecular weight is 349 g/mol. The number of sulfone groups is 1. The first kappa shape index (κ1) is 15.6. The molecule has 0 saturated carbocycles. The van der Waals surface area contributed by atoms with E-state index in [1.165, 1.54) is 17.6 Å². The second kappa shape index (κ2) is 6.09. The number of rotatable bonds is 5. The maximum atomic E-state index is 11.8. The average Bonchev–Trinajstić information content (AvgIpc) is 3.08. The molecule has 3 N–H and O–H groups in total. The van der Waals surface area contributed by atoms with Crippen molar-refractivity contribution in [1.82, 2.24) is 20.2 Å². The molecular formula is C14H15N5O2S2. The maximum Gasteiger partial charge on any atom is 0.180 e. The third-order valence-corrected chi connectivity index (χ3v) is 5.14. The van der Waals surface area contributed by atoms with Crippen molar-refractivity contribution >= 4 is 26.3 Å². The lowest BCUT2D eigenvalue weighted by Crippen LogP contribution is -2.03. The maximum absolute atomic E-state index is 11.8. The summed E-state index contributed by atoms with van der Waals surface area (Å²) in [4.78, 5) is 8.87. The molecule has 7 nitrogen and oxygen atoms in total. The highest BCUT2D eigenvalue weighted by molar-refractivity contribution is 7.90. The van der Waals surface area contributed by atoms with Gasteiger partial charge in [0.1, 0.15) is 5.82 Å². The van der Waals surface area contributed by atoms with E-state index < -0.39 is 9.84 Å². The van der Waals surface area contributed by atoms with Gasteiger partial charge in [-0.3, -0.25) is 5.10 Å². The van der Waals surface area contributed by atoms with E-state index in [0.717, 1.165) is 5.69 Å². The molecule has 0 unspecified atom stereocenters. The Labute approximate surface area is 137 Å². The summed E-state index contributed by atoms with van der Waals surface area (Å²) in [6.07, 6.45) is 2.05. The van der Waals surface area contributed by atoms with Crippen LogP contribution in [0.1, 0.15) is 22.9 Å². The van der Waals surface area contributed by atoms with Crippen molar-refractivity contribution in [2.75, 3.05) is 12.0 Å². The summed E-state index contributed by atoms with van der Waals surface area (Å²) in [7, 11) is -3.28. The minimum absolute atomic E-state index is 0.310. The van der Waals surface area contributed by atoms with Crippen LogP contribution in [0.25, 0.3) is 0 Å². The monoisotopic (exact) mass is 349 g/mol. The molecule has 0 fully saturated rings. The fourth-order valence-corrected chi connectivity index (χ4v) is 3.76. The number of thiazole rings is 1. The van der Waals surface area contributed by atoms with E-state index in [9.17, 15) is 8.42 Å². The lowest BCUT2D eigenvalue weighted by molar-refractivity contribution is 0.601. The number of H-pyrrole nitrogens is 1. The predicted molar refractivity (Wildman–Crippen MR) is 88.1 cm³/mol. The zero-order valence-electron chi connectivity index (χ0n) is 12.4. The van der Waals surface area contributed by atoms with Crippen molar-refractivity contribution < 1.29 is 8.42 Å². The summed E-state index contributed by atoms with van der Waals surface area (Å²) in [5.74, 6) is 1.21. The third-order valence-electron chi connectivity index (χ3n) is 3.22. The van der Waals surface area contributed by atoms with Crippen LogP contribution in [0.5, 0.6) is 0 Å². The van der Waals surface area contributed by atoms with Crippen molar-refractivity contribution in [3.05, 3.63) is 52.6 Å². The van der Waals surface area contributed by atoms with E-state index in [0.29, 0.717) is 40.1 Å². The highest BCUT2D eigenvalue weighted by atomic mass is 32.2. The first-order valence-corrected chi connectivity index (χ1v) is 9.57. The molecule has 0 aliphatic carbocycles. The van der Waals surface area contributed by atoms with Gasteiger partial charge in [-0.15, -0.1) is 11.3 Å². The summed E-state index contributed by atoms with van der Waals surface area (Å²) in [5, 5.41) is 9.37. The van der Waals surface area contributed by atoms with Gasteiger partial charge in [-0.2, -0.15) is 5.10 Å². The Morgan fingerprint density at radius 1 is 1.22 bits per heavy atom. The van der Waals surface area contributed by atoms with E-state index in [2.05, 4.69) is 20.2 Å². The molecule has 120 valence electrons. The fraction of sp³-hybridized carbons (Fsp3) is 0.214. The van der Waals surface area contributed by atoms with Gasteiger partial charge in [0, 0.05) is 18.1 Å². The predicted octanol–water partition coefficient (Wildman–Crippen LogP) is 1.43. The Kier molecular flexibility index (Phi) is 4.14. The van der Waals surface area contributed by atoms with Crippen LogP contribution in [0.3, 0.4) is 0 Å². The molecule has 0 saturated heterocycles. The van der Waals surface area contributed by atoms with Gasteiger partial charge in [0.25, 0.3) is 0 Å². The molecule has 0 atom stereocenters. The van der Waals surface area contributed by atoms with Crippen LogP contribution >= 0.6 is 11.3 Å². The van der Waals surface area contributed by atoms with Crippen LogP contribution in [0.2, 0.25) is 0 Å². The summed E-state index contributed by atoms with van der Waals surface area (Å²) in [5.41, 5.74) is 7.10. The number of anilines is 1. The van der Waals surface area contributed by atoms with Gasteiger partial charge in [0.15, 0.2) is 20.8 Å². The number of nitrogen functional groups attached to an aromatic ring is 1. The molecule has 23 heavy (non-hydrogen) atoms. The molecule has 0 bridgehead atoms. The molecule has 9 heteroatoms. The Bertz CT molecular complexity index is 930. The van der Waals surface area contributed by atoms with Crippen LogP contribution in [-0.4, -0.2) is 34.8 Å². The minimum atomic E-state index is -3.28. The lowest BCUT2D eigenvalue weighted by Gasteiger charge is -2.05. The lowest BCUT2D eigenvalue weighted by atomic mass is 10.1. The van der Waals surface area contributed by atoms with Crippen LogP contribution in [0.4, 0.5) is 5.13 Å². The summed E-state index contributed by atoms with van der Waals surface area (Å²) < 4.78 is 23.7. The summed E-state index contributed by atoms with van der Waals surface area (Å²) in [6.45, 7) is 0. The molecule has 0 aliphatic heterocycles. The van der Waals surface area contributed by atoms with Crippen LogP contribution < -0.4 is 5.73 Å². The Hall–Kier alpha value is -2.26. The number of nitrogens with one attached hydrogen (secondary N) is 1. The number of hydrogen-bond acceptors (Lipinski definition) is 7. The van der Waals surface area contributed by atoms with Gasteiger partial charge in [-0.1, -0.05) is 18.2 Å². The second-order valence-corrected chi connectivity index (χ2v) is 7.98. The first-order valence-electron chi connectivity index (χ1n) is 6.80. The molecule has 0 radical (unpaired) electrons.